The molecule has 9 heteroatoms. The molecule has 41 heavy (non-hydrogen) atoms. The van der Waals surface area contributed by atoms with E-state index in [1.165, 1.54) is 0 Å². The first-order chi connectivity index (χ1) is 19.4. The second kappa shape index (κ2) is 13.6. The topological polar surface area (TPSA) is 34.1 Å². The lowest BCUT2D eigenvalue weighted by atomic mass is 10.1. The van der Waals surface area contributed by atoms with Crippen molar-refractivity contribution >= 4 is 91.6 Å². The Morgan fingerprint density at radius 2 is 0.927 bits per heavy atom. The second-order valence-electron chi connectivity index (χ2n) is 9.53. The first kappa shape index (κ1) is 32.0. The molecule has 0 aliphatic carbocycles. The van der Waals surface area contributed by atoms with E-state index in [0.29, 0.717) is 52.4 Å². The maximum atomic E-state index is 14.7. The molecular formula is C32H24Cl6O2S. The Balaban J connectivity index is 1.92. The van der Waals surface area contributed by atoms with Crippen LogP contribution in [0.4, 0.5) is 0 Å². The highest BCUT2D eigenvalue weighted by molar-refractivity contribution is 7.92. The van der Waals surface area contributed by atoms with Gasteiger partial charge in [0.25, 0.3) is 0 Å². The Morgan fingerprint density at radius 1 is 0.537 bits per heavy atom. The average Bonchev–Trinajstić information content (AvgIpc) is 2.88. The SMILES string of the molecule is Cc1ccc(C(/C=C\c2ccc(Cl)cc2Cl)S(=O)(=O)C(/C=C\c2ccc(Cl)cc2Cl)c2ccc(C)cc2Cl)c(Cl)c1. The van der Waals surface area contributed by atoms with Crippen molar-refractivity contribution in [1.29, 1.82) is 0 Å². The highest BCUT2D eigenvalue weighted by Gasteiger charge is 2.35. The van der Waals surface area contributed by atoms with Gasteiger partial charge in [0.15, 0.2) is 9.84 Å². The molecule has 4 aromatic carbocycles. The molecule has 0 heterocycles. The summed E-state index contributed by atoms with van der Waals surface area (Å²) in [4.78, 5) is 0. The fourth-order valence-corrected chi connectivity index (χ4v) is 8.13. The Morgan fingerprint density at radius 3 is 1.27 bits per heavy atom. The lowest BCUT2D eigenvalue weighted by Crippen LogP contribution is -2.19. The van der Waals surface area contributed by atoms with Crippen LogP contribution in [0.2, 0.25) is 30.1 Å². The molecule has 0 saturated carbocycles. The smallest absolute Gasteiger partial charge is 0.171 e. The van der Waals surface area contributed by atoms with E-state index in [9.17, 15) is 8.42 Å². The van der Waals surface area contributed by atoms with Crippen LogP contribution >= 0.6 is 69.6 Å². The minimum Gasteiger partial charge on any atom is -0.227 e. The summed E-state index contributed by atoms with van der Waals surface area (Å²) in [5, 5.41) is 0.0412. The van der Waals surface area contributed by atoms with Gasteiger partial charge >= 0.3 is 0 Å². The number of aryl methyl sites for hydroxylation is 2. The van der Waals surface area contributed by atoms with Gasteiger partial charge in [-0.05, 0) is 83.6 Å². The largest absolute Gasteiger partial charge is 0.227 e. The van der Waals surface area contributed by atoms with Crippen molar-refractivity contribution in [1.82, 2.24) is 0 Å². The maximum absolute atomic E-state index is 14.7. The van der Waals surface area contributed by atoms with E-state index in [-0.39, 0.29) is 0 Å². The predicted octanol–water partition coefficient (Wildman–Crippen LogP) is 11.8. The minimum atomic E-state index is -4.10. The molecule has 0 aliphatic rings. The molecule has 0 saturated heterocycles. The van der Waals surface area contributed by atoms with Crippen LogP contribution < -0.4 is 0 Å². The summed E-state index contributed by atoms with van der Waals surface area (Å²) in [6.07, 6.45) is 6.48. The number of hydrogen-bond acceptors (Lipinski definition) is 2. The van der Waals surface area contributed by atoms with Gasteiger partial charge in [0.1, 0.15) is 10.5 Å². The van der Waals surface area contributed by atoms with Crippen LogP contribution in [0.15, 0.2) is 84.9 Å². The van der Waals surface area contributed by atoms with Crippen molar-refractivity contribution in [2.24, 2.45) is 0 Å². The fraction of sp³-hybridized carbons (Fsp3) is 0.125. The van der Waals surface area contributed by atoms with Crippen LogP contribution in [0.5, 0.6) is 0 Å². The minimum absolute atomic E-state index is 0.323. The molecule has 0 aromatic heterocycles. The molecule has 212 valence electrons. The molecule has 0 N–H and O–H groups in total. The molecule has 2 nitrogen and oxygen atoms in total. The molecule has 0 aliphatic heterocycles. The van der Waals surface area contributed by atoms with Gasteiger partial charge in [-0.3, -0.25) is 0 Å². The van der Waals surface area contributed by atoms with Crippen molar-refractivity contribution in [3.8, 4) is 0 Å². The summed E-state index contributed by atoms with van der Waals surface area (Å²) in [6.45, 7) is 3.77. The van der Waals surface area contributed by atoms with Gasteiger partial charge in [0.2, 0.25) is 0 Å². The third kappa shape index (κ3) is 7.72. The lowest BCUT2D eigenvalue weighted by Gasteiger charge is -2.23. The molecule has 4 aromatic rings. The zero-order valence-electron chi connectivity index (χ0n) is 21.9. The van der Waals surface area contributed by atoms with Gasteiger partial charge in [0.05, 0.1) is 0 Å². The normalized spacial score (nSPS) is 13.7. The third-order valence-electron chi connectivity index (χ3n) is 6.46. The molecule has 4 rings (SSSR count). The number of halogens is 6. The van der Waals surface area contributed by atoms with E-state index in [4.69, 9.17) is 69.6 Å². The van der Waals surface area contributed by atoms with E-state index in [1.807, 2.05) is 26.0 Å². The van der Waals surface area contributed by atoms with Crippen LogP contribution in [0, 0.1) is 13.8 Å². The van der Waals surface area contributed by atoms with E-state index in [0.717, 1.165) is 11.1 Å². The highest BCUT2D eigenvalue weighted by Crippen LogP contribution is 2.42. The maximum Gasteiger partial charge on any atom is 0.171 e. The van der Waals surface area contributed by atoms with Crippen molar-refractivity contribution in [2.45, 2.75) is 24.3 Å². The second-order valence-corrected chi connectivity index (χ2v) is 14.2. The summed E-state index contributed by atoms with van der Waals surface area (Å²) in [7, 11) is -4.10. The quantitative estimate of drug-likeness (QED) is 0.185. The molecule has 0 bridgehead atoms. The first-order valence-corrected chi connectivity index (χ1v) is 16.3. The lowest BCUT2D eigenvalue weighted by molar-refractivity contribution is 0.584. The standard InChI is InChI=1S/C32H24Cl6O2S/c1-19-3-11-25(29(37)15-19)31(13-7-21-5-9-23(33)17-27(21)35)41(39,40)32(26-12-4-20(2)16-30(26)38)14-8-22-6-10-24(34)18-28(22)36/h3-18,31-32H,1-2H3/b13-7-,14-8-. The Labute approximate surface area is 271 Å². The van der Waals surface area contributed by atoms with Crippen LogP contribution in [-0.4, -0.2) is 8.42 Å². The van der Waals surface area contributed by atoms with Gasteiger partial charge in [-0.15, -0.1) is 0 Å². The first-order valence-electron chi connectivity index (χ1n) is 12.4. The van der Waals surface area contributed by atoms with Crippen molar-refractivity contribution in [2.75, 3.05) is 0 Å². The Kier molecular flexibility index (Phi) is 10.6. The molecule has 0 radical (unpaired) electrons. The van der Waals surface area contributed by atoms with Gasteiger partial charge in [0, 0.05) is 30.1 Å². The van der Waals surface area contributed by atoms with Crippen LogP contribution in [0.25, 0.3) is 12.2 Å². The van der Waals surface area contributed by atoms with Crippen LogP contribution in [0.3, 0.4) is 0 Å². The molecule has 0 fully saturated rings. The van der Waals surface area contributed by atoms with Crippen LogP contribution in [0.1, 0.15) is 43.9 Å². The summed E-state index contributed by atoms with van der Waals surface area (Å²) < 4.78 is 29.4. The summed E-state index contributed by atoms with van der Waals surface area (Å²) >= 11 is 38.3. The zero-order chi connectivity index (χ0) is 29.9. The zero-order valence-corrected chi connectivity index (χ0v) is 27.2. The van der Waals surface area contributed by atoms with Gasteiger partial charge in [-0.1, -0.05) is 130 Å². The molecule has 0 spiro atoms. The number of sulfone groups is 1. The molecule has 0 amide bonds. The monoisotopic (exact) mass is 682 g/mol. The fourth-order valence-electron chi connectivity index (χ4n) is 4.32. The Hall–Kier alpha value is -1.95. The van der Waals surface area contributed by atoms with Crippen LogP contribution in [-0.2, 0) is 9.84 Å². The Bertz CT molecular complexity index is 1640. The van der Waals surface area contributed by atoms with Crippen molar-refractivity contribution in [3.05, 3.63) is 148 Å². The number of rotatable bonds is 8. The number of hydrogen-bond donors (Lipinski definition) is 0. The van der Waals surface area contributed by atoms with Gasteiger partial charge in [-0.25, -0.2) is 8.42 Å². The van der Waals surface area contributed by atoms with E-state index >= 15 is 0 Å². The summed E-state index contributed by atoms with van der Waals surface area (Å²) in [5.74, 6) is 0. The highest BCUT2D eigenvalue weighted by atomic mass is 35.5. The van der Waals surface area contributed by atoms with E-state index in [1.54, 1.807) is 85.0 Å². The molecule has 2 atom stereocenters. The molecular weight excluding hydrogens is 661 g/mol. The predicted molar refractivity (Wildman–Crippen MR) is 178 cm³/mol. The van der Waals surface area contributed by atoms with Crippen molar-refractivity contribution in [3.63, 3.8) is 0 Å². The van der Waals surface area contributed by atoms with E-state index in [2.05, 4.69) is 0 Å². The average molecular weight is 685 g/mol. The third-order valence-corrected chi connectivity index (χ3v) is 10.5. The van der Waals surface area contributed by atoms with E-state index < -0.39 is 20.3 Å². The van der Waals surface area contributed by atoms with Gasteiger partial charge < -0.3 is 0 Å². The number of benzene rings is 4. The summed E-state index contributed by atoms with van der Waals surface area (Å²) in [6, 6.07) is 20.6. The van der Waals surface area contributed by atoms with Crippen molar-refractivity contribution < 1.29 is 8.42 Å². The summed E-state index contributed by atoms with van der Waals surface area (Å²) in [5.41, 5.74) is 3.85. The van der Waals surface area contributed by atoms with Gasteiger partial charge in [-0.2, -0.15) is 0 Å². The molecule has 2 unspecified atom stereocenters.